The number of thiophene rings is 1. The minimum atomic E-state index is 0.856. The van der Waals surface area contributed by atoms with Crippen molar-refractivity contribution in [3.8, 4) is 0 Å². The summed E-state index contributed by atoms with van der Waals surface area (Å²) in [4.78, 5) is 7.31. The van der Waals surface area contributed by atoms with E-state index in [4.69, 9.17) is 4.74 Å². The van der Waals surface area contributed by atoms with Gasteiger partial charge in [-0.05, 0) is 35.1 Å². The standard InChI is InChI=1S/C19H22N2OS/c1-14-18(17-6-11-23-19(17)20-14)12-15-4-2-3-5-16(15)13-21-7-9-22-10-8-21/h2-6,11,20H,7-10,12-13H2,1H3. The quantitative estimate of drug-likeness (QED) is 0.786. The van der Waals surface area contributed by atoms with Crippen LogP contribution in [0.15, 0.2) is 35.7 Å². The van der Waals surface area contributed by atoms with Gasteiger partial charge in [-0.1, -0.05) is 24.3 Å². The van der Waals surface area contributed by atoms with E-state index in [1.165, 1.54) is 32.6 Å². The van der Waals surface area contributed by atoms with Crippen LogP contribution in [0, 0.1) is 6.92 Å². The van der Waals surface area contributed by atoms with E-state index in [1.54, 1.807) is 11.3 Å². The average Bonchev–Trinajstić information content (AvgIpc) is 3.13. The summed E-state index contributed by atoms with van der Waals surface area (Å²) in [5, 5.41) is 3.55. The number of aromatic amines is 1. The molecule has 0 aliphatic carbocycles. The molecule has 1 aromatic carbocycles. The molecular formula is C19H22N2OS. The van der Waals surface area contributed by atoms with E-state index < -0.39 is 0 Å². The van der Waals surface area contributed by atoms with Gasteiger partial charge in [-0.15, -0.1) is 11.3 Å². The second-order valence-corrected chi connectivity index (χ2v) is 7.14. The second kappa shape index (κ2) is 6.48. The van der Waals surface area contributed by atoms with E-state index in [9.17, 15) is 0 Å². The first-order valence-corrected chi connectivity index (χ1v) is 9.11. The number of aromatic nitrogens is 1. The van der Waals surface area contributed by atoms with Crippen molar-refractivity contribution in [2.24, 2.45) is 0 Å². The fourth-order valence-electron chi connectivity index (χ4n) is 3.39. The van der Waals surface area contributed by atoms with Gasteiger partial charge in [0, 0.05) is 37.1 Å². The first-order chi connectivity index (χ1) is 11.3. The number of hydrogen-bond donors (Lipinski definition) is 1. The molecule has 1 aliphatic rings. The Morgan fingerprint density at radius 2 is 1.91 bits per heavy atom. The largest absolute Gasteiger partial charge is 0.379 e. The summed E-state index contributed by atoms with van der Waals surface area (Å²) in [5.74, 6) is 0. The molecule has 23 heavy (non-hydrogen) atoms. The molecule has 1 fully saturated rings. The first kappa shape index (κ1) is 14.9. The van der Waals surface area contributed by atoms with E-state index in [1.807, 2.05) is 0 Å². The topological polar surface area (TPSA) is 28.3 Å². The Balaban J connectivity index is 1.61. The third kappa shape index (κ3) is 3.07. The minimum absolute atomic E-state index is 0.856. The third-order valence-corrected chi connectivity index (χ3v) is 5.56. The maximum Gasteiger partial charge on any atom is 0.100 e. The zero-order chi connectivity index (χ0) is 15.6. The lowest BCUT2D eigenvalue weighted by Crippen LogP contribution is -2.35. The third-order valence-electron chi connectivity index (χ3n) is 4.73. The molecular weight excluding hydrogens is 304 g/mol. The molecule has 0 unspecified atom stereocenters. The predicted octanol–water partition coefficient (Wildman–Crippen LogP) is 3.96. The smallest absolute Gasteiger partial charge is 0.100 e. The fraction of sp³-hybridized carbons (Fsp3) is 0.368. The molecule has 4 heteroatoms. The van der Waals surface area contributed by atoms with E-state index in [0.29, 0.717) is 0 Å². The Bertz CT molecular complexity index is 799. The number of ether oxygens (including phenoxy) is 1. The molecule has 4 rings (SSSR count). The van der Waals surface area contributed by atoms with Gasteiger partial charge in [-0.25, -0.2) is 0 Å². The van der Waals surface area contributed by atoms with Crippen molar-refractivity contribution >= 4 is 21.6 Å². The molecule has 2 aromatic heterocycles. The maximum absolute atomic E-state index is 5.46. The van der Waals surface area contributed by atoms with E-state index in [-0.39, 0.29) is 0 Å². The number of H-pyrrole nitrogens is 1. The molecule has 120 valence electrons. The van der Waals surface area contributed by atoms with Gasteiger partial charge in [-0.2, -0.15) is 0 Å². The zero-order valence-corrected chi connectivity index (χ0v) is 14.3. The predicted molar refractivity (Wildman–Crippen MR) is 96.3 cm³/mol. The molecule has 0 atom stereocenters. The highest BCUT2D eigenvalue weighted by Gasteiger charge is 2.15. The van der Waals surface area contributed by atoms with Crippen molar-refractivity contribution in [3.63, 3.8) is 0 Å². The summed E-state index contributed by atoms with van der Waals surface area (Å²) in [7, 11) is 0. The average molecular weight is 326 g/mol. The van der Waals surface area contributed by atoms with Gasteiger partial charge >= 0.3 is 0 Å². The van der Waals surface area contributed by atoms with E-state index in [2.05, 4.69) is 52.5 Å². The first-order valence-electron chi connectivity index (χ1n) is 8.23. The normalized spacial score (nSPS) is 16.2. The fourth-order valence-corrected chi connectivity index (χ4v) is 4.26. The van der Waals surface area contributed by atoms with Gasteiger partial charge in [-0.3, -0.25) is 4.90 Å². The van der Waals surface area contributed by atoms with Crippen molar-refractivity contribution in [2.75, 3.05) is 26.3 Å². The summed E-state index contributed by atoms with van der Waals surface area (Å²) in [5.41, 5.74) is 5.62. The Morgan fingerprint density at radius 3 is 2.74 bits per heavy atom. The summed E-state index contributed by atoms with van der Waals surface area (Å²) >= 11 is 1.79. The monoisotopic (exact) mass is 326 g/mol. The molecule has 1 N–H and O–H groups in total. The number of rotatable bonds is 4. The number of aryl methyl sites for hydroxylation is 1. The Hall–Kier alpha value is -1.62. The molecule has 1 aliphatic heterocycles. The number of fused-ring (bicyclic) bond motifs is 1. The summed E-state index contributed by atoms with van der Waals surface area (Å²) < 4.78 is 5.46. The van der Waals surface area contributed by atoms with Crippen LogP contribution >= 0.6 is 11.3 Å². The van der Waals surface area contributed by atoms with Gasteiger partial charge in [0.25, 0.3) is 0 Å². The van der Waals surface area contributed by atoms with Gasteiger partial charge < -0.3 is 9.72 Å². The molecule has 0 spiro atoms. The van der Waals surface area contributed by atoms with Crippen molar-refractivity contribution < 1.29 is 4.74 Å². The number of benzene rings is 1. The van der Waals surface area contributed by atoms with Gasteiger partial charge in [0.2, 0.25) is 0 Å². The molecule has 3 aromatic rings. The lowest BCUT2D eigenvalue weighted by atomic mass is 9.98. The highest BCUT2D eigenvalue weighted by Crippen LogP contribution is 2.29. The molecule has 3 heterocycles. The van der Waals surface area contributed by atoms with Gasteiger partial charge in [0.05, 0.1) is 13.2 Å². The van der Waals surface area contributed by atoms with Crippen molar-refractivity contribution in [2.45, 2.75) is 19.9 Å². The van der Waals surface area contributed by atoms with Crippen LogP contribution in [0.2, 0.25) is 0 Å². The van der Waals surface area contributed by atoms with Crippen LogP contribution in [-0.2, 0) is 17.7 Å². The highest BCUT2D eigenvalue weighted by molar-refractivity contribution is 7.16. The number of morpholine rings is 1. The number of nitrogens with zero attached hydrogens (tertiary/aromatic N) is 1. The molecule has 1 saturated heterocycles. The maximum atomic E-state index is 5.46. The Labute approximate surface area is 140 Å². The molecule has 0 saturated carbocycles. The van der Waals surface area contributed by atoms with Crippen LogP contribution < -0.4 is 0 Å². The molecule has 3 nitrogen and oxygen atoms in total. The highest BCUT2D eigenvalue weighted by atomic mass is 32.1. The van der Waals surface area contributed by atoms with Crippen LogP contribution in [0.5, 0.6) is 0 Å². The van der Waals surface area contributed by atoms with Crippen molar-refractivity contribution in [3.05, 3.63) is 58.1 Å². The van der Waals surface area contributed by atoms with Gasteiger partial charge in [0.15, 0.2) is 0 Å². The summed E-state index contributed by atoms with van der Waals surface area (Å²) in [6.07, 6.45) is 1.00. The van der Waals surface area contributed by atoms with Crippen LogP contribution in [0.4, 0.5) is 0 Å². The van der Waals surface area contributed by atoms with Crippen LogP contribution in [0.25, 0.3) is 10.2 Å². The second-order valence-electron chi connectivity index (χ2n) is 6.23. The lowest BCUT2D eigenvalue weighted by molar-refractivity contribution is 0.0341. The SMILES string of the molecule is Cc1[nH]c2sccc2c1Cc1ccccc1CN1CCOCC1. The summed E-state index contributed by atoms with van der Waals surface area (Å²) in [6, 6.07) is 11.1. The minimum Gasteiger partial charge on any atom is -0.379 e. The number of hydrogen-bond acceptors (Lipinski definition) is 3. The van der Waals surface area contributed by atoms with Crippen LogP contribution in [0.3, 0.4) is 0 Å². The van der Waals surface area contributed by atoms with E-state index in [0.717, 1.165) is 39.3 Å². The van der Waals surface area contributed by atoms with Gasteiger partial charge in [0.1, 0.15) is 4.83 Å². The van der Waals surface area contributed by atoms with Crippen molar-refractivity contribution in [1.29, 1.82) is 0 Å². The Morgan fingerprint density at radius 1 is 1.13 bits per heavy atom. The van der Waals surface area contributed by atoms with Crippen molar-refractivity contribution in [1.82, 2.24) is 9.88 Å². The van der Waals surface area contributed by atoms with E-state index >= 15 is 0 Å². The lowest BCUT2D eigenvalue weighted by Gasteiger charge is -2.27. The number of nitrogens with one attached hydrogen (secondary N) is 1. The van der Waals surface area contributed by atoms with Crippen LogP contribution in [0.1, 0.15) is 22.4 Å². The molecule has 0 radical (unpaired) electrons. The molecule has 0 amide bonds. The zero-order valence-electron chi connectivity index (χ0n) is 13.5. The summed E-state index contributed by atoms with van der Waals surface area (Å²) in [6.45, 7) is 6.99. The Kier molecular flexibility index (Phi) is 4.21. The molecule has 0 bridgehead atoms. The van der Waals surface area contributed by atoms with Crippen LogP contribution in [-0.4, -0.2) is 36.2 Å².